The molecule has 1 atom stereocenters. The van der Waals surface area contributed by atoms with Crippen LogP contribution in [0, 0.1) is 6.92 Å². The number of amides is 1. The van der Waals surface area contributed by atoms with Crippen LogP contribution in [0.15, 0.2) is 83.8 Å². The average Bonchev–Trinajstić information content (AvgIpc) is 2.65. The normalized spacial score (nSPS) is 12.4. The van der Waals surface area contributed by atoms with Crippen LogP contribution in [-0.2, 0) is 15.6 Å². The van der Waals surface area contributed by atoms with Crippen LogP contribution in [-0.4, -0.2) is 15.9 Å². The number of hydrogen-bond acceptors (Lipinski definition) is 2. The van der Waals surface area contributed by atoms with E-state index in [1.807, 2.05) is 73.7 Å². The Morgan fingerprint density at radius 1 is 1.08 bits per heavy atom. The van der Waals surface area contributed by atoms with Crippen molar-refractivity contribution in [3.63, 3.8) is 0 Å². The van der Waals surface area contributed by atoms with Crippen molar-refractivity contribution < 1.29 is 9.00 Å². The van der Waals surface area contributed by atoms with Crippen molar-refractivity contribution in [2.45, 2.75) is 31.1 Å². The Morgan fingerprint density at radius 3 is 2.42 bits per heavy atom. The number of hydrogen-bond donors (Lipinski definition) is 1. The van der Waals surface area contributed by atoms with E-state index in [4.69, 9.17) is 0 Å². The first kappa shape index (κ1) is 19.9. The maximum absolute atomic E-state index is 12.7. The molecule has 0 aliphatic rings. The molecule has 0 saturated heterocycles. The number of para-hydroxylation sites is 1. The zero-order valence-corrected chi connectivity index (χ0v) is 15.9. The van der Waals surface area contributed by atoms with Crippen molar-refractivity contribution >= 4 is 22.4 Å². The molecule has 0 fully saturated rings. The van der Waals surface area contributed by atoms with Gasteiger partial charge in [0.15, 0.2) is 0 Å². The summed E-state index contributed by atoms with van der Waals surface area (Å²) in [5, 5.41) is 2.89. The molecule has 2 aromatic carbocycles. The largest absolute Gasteiger partial charge is 0.322 e. The van der Waals surface area contributed by atoms with E-state index in [9.17, 15) is 9.00 Å². The van der Waals surface area contributed by atoms with E-state index < -0.39 is 10.8 Å². The van der Waals surface area contributed by atoms with E-state index in [-0.39, 0.29) is 11.7 Å². The third kappa shape index (κ3) is 6.45. The van der Waals surface area contributed by atoms with Crippen LogP contribution in [0.1, 0.15) is 24.8 Å². The zero-order valence-electron chi connectivity index (χ0n) is 15.1. The van der Waals surface area contributed by atoms with Gasteiger partial charge in [-0.05, 0) is 50.5 Å². The van der Waals surface area contributed by atoms with E-state index >= 15 is 0 Å². The van der Waals surface area contributed by atoms with Gasteiger partial charge in [-0.25, -0.2) is 0 Å². The Labute approximate surface area is 158 Å². The van der Waals surface area contributed by atoms with Crippen LogP contribution in [0.5, 0.6) is 0 Å². The SMILES string of the molecule is C=CCCC/C=C(/CS(=O)c1ccc(C)cc1)C(=O)Nc1ccccc1. The van der Waals surface area contributed by atoms with Crippen molar-refractivity contribution in [1.29, 1.82) is 0 Å². The fraction of sp³-hybridized carbons (Fsp3) is 0.227. The van der Waals surface area contributed by atoms with Gasteiger partial charge < -0.3 is 5.32 Å². The predicted molar refractivity (Wildman–Crippen MR) is 110 cm³/mol. The number of carbonyl (C=O) groups excluding carboxylic acids is 1. The summed E-state index contributed by atoms with van der Waals surface area (Å²) in [6.07, 6.45) is 6.33. The number of aryl methyl sites for hydroxylation is 1. The molecule has 0 aliphatic heterocycles. The summed E-state index contributed by atoms with van der Waals surface area (Å²) in [5.41, 5.74) is 2.40. The summed E-state index contributed by atoms with van der Waals surface area (Å²) in [6, 6.07) is 16.9. The highest BCUT2D eigenvalue weighted by Crippen LogP contribution is 2.15. The molecule has 2 rings (SSSR count). The van der Waals surface area contributed by atoms with Crippen molar-refractivity contribution in [3.8, 4) is 0 Å². The number of rotatable bonds is 9. The van der Waals surface area contributed by atoms with Crippen LogP contribution < -0.4 is 5.32 Å². The molecule has 26 heavy (non-hydrogen) atoms. The number of unbranched alkanes of at least 4 members (excludes halogenated alkanes) is 2. The molecule has 3 nitrogen and oxygen atoms in total. The monoisotopic (exact) mass is 367 g/mol. The summed E-state index contributed by atoms with van der Waals surface area (Å²) in [4.78, 5) is 13.4. The second-order valence-electron chi connectivity index (χ2n) is 6.07. The maximum Gasteiger partial charge on any atom is 0.252 e. The first-order valence-corrected chi connectivity index (χ1v) is 10.0. The fourth-order valence-corrected chi connectivity index (χ4v) is 3.54. The van der Waals surface area contributed by atoms with Crippen molar-refractivity contribution in [2.75, 3.05) is 11.1 Å². The molecule has 1 N–H and O–H groups in total. The summed E-state index contributed by atoms with van der Waals surface area (Å²) < 4.78 is 12.7. The molecule has 2 aromatic rings. The Morgan fingerprint density at radius 2 is 1.77 bits per heavy atom. The van der Waals surface area contributed by atoms with Crippen LogP contribution in [0.2, 0.25) is 0 Å². The van der Waals surface area contributed by atoms with Gasteiger partial charge in [0.1, 0.15) is 0 Å². The minimum Gasteiger partial charge on any atom is -0.322 e. The van der Waals surface area contributed by atoms with Crippen molar-refractivity contribution in [3.05, 3.63) is 84.5 Å². The molecule has 0 spiro atoms. The topological polar surface area (TPSA) is 46.2 Å². The van der Waals surface area contributed by atoms with Gasteiger partial charge in [-0.1, -0.05) is 48.0 Å². The van der Waals surface area contributed by atoms with Crippen LogP contribution in [0.4, 0.5) is 5.69 Å². The molecular formula is C22H25NO2S. The van der Waals surface area contributed by atoms with E-state index in [0.29, 0.717) is 5.57 Å². The van der Waals surface area contributed by atoms with E-state index in [2.05, 4.69) is 11.9 Å². The van der Waals surface area contributed by atoms with Crippen LogP contribution in [0.25, 0.3) is 0 Å². The molecule has 1 unspecified atom stereocenters. The molecular weight excluding hydrogens is 342 g/mol. The summed E-state index contributed by atoms with van der Waals surface area (Å²) >= 11 is 0. The Kier molecular flexibility index (Phi) is 8.03. The quantitative estimate of drug-likeness (QED) is 0.384. The zero-order chi connectivity index (χ0) is 18.8. The van der Waals surface area contributed by atoms with Crippen molar-refractivity contribution in [2.24, 2.45) is 0 Å². The Bertz CT molecular complexity index is 780. The second-order valence-corrected chi connectivity index (χ2v) is 7.52. The van der Waals surface area contributed by atoms with Crippen molar-refractivity contribution in [1.82, 2.24) is 0 Å². The standard InChI is InChI=1S/C22H25NO2S/c1-3-4-5-7-10-19(22(24)23-20-11-8-6-9-12-20)17-26(25)21-15-13-18(2)14-16-21/h3,6,8-16H,1,4-5,7,17H2,2H3,(H,23,24)/b19-10-. The lowest BCUT2D eigenvalue weighted by Gasteiger charge is -2.10. The van der Waals surface area contributed by atoms with Gasteiger partial charge in [-0.2, -0.15) is 0 Å². The van der Waals surface area contributed by atoms with E-state index in [1.165, 1.54) is 0 Å². The van der Waals surface area contributed by atoms with E-state index in [1.54, 1.807) is 0 Å². The second kappa shape index (κ2) is 10.5. The fourth-order valence-electron chi connectivity index (χ4n) is 2.40. The Balaban J connectivity index is 2.11. The lowest BCUT2D eigenvalue weighted by Crippen LogP contribution is -2.19. The molecule has 136 valence electrons. The molecule has 0 aromatic heterocycles. The smallest absolute Gasteiger partial charge is 0.252 e. The lowest BCUT2D eigenvalue weighted by molar-refractivity contribution is -0.112. The third-order valence-electron chi connectivity index (χ3n) is 3.90. The average molecular weight is 368 g/mol. The number of nitrogens with one attached hydrogen (secondary N) is 1. The third-order valence-corrected chi connectivity index (χ3v) is 5.27. The summed E-state index contributed by atoms with van der Waals surface area (Å²) in [7, 11) is -1.26. The number of allylic oxidation sites excluding steroid dienone is 2. The minimum absolute atomic E-state index is 0.199. The number of benzene rings is 2. The molecule has 4 heteroatoms. The molecule has 0 aliphatic carbocycles. The highest BCUT2D eigenvalue weighted by molar-refractivity contribution is 7.85. The molecule has 1 amide bonds. The van der Waals surface area contributed by atoms with Gasteiger partial charge in [0.2, 0.25) is 0 Å². The van der Waals surface area contributed by atoms with Gasteiger partial charge in [-0.15, -0.1) is 6.58 Å². The predicted octanol–water partition coefficient (Wildman–Crippen LogP) is 5.02. The van der Waals surface area contributed by atoms with Crippen LogP contribution >= 0.6 is 0 Å². The molecule has 0 radical (unpaired) electrons. The van der Waals surface area contributed by atoms with Gasteiger partial charge >= 0.3 is 0 Å². The first-order valence-electron chi connectivity index (χ1n) is 8.71. The summed E-state index contributed by atoms with van der Waals surface area (Å²) in [5.74, 6) is 0.00535. The molecule has 0 heterocycles. The highest BCUT2D eigenvalue weighted by Gasteiger charge is 2.14. The van der Waals surface area contributed by atoms with E-state index in [0.717, 1.165) is 35.4 Å². The maximum atomic E-state index is 12.7. The highest BCUT2D eigenvalue weighted by atomic mass is 32.2. The van der Waals surface area contributed by atoms with Gasteiger partial charge in [0.25, 0.3) is 5.91 Å². The Hall–Kier alpha value is -2.46. The van der Waals surface area contributed by atoms with Gasteiger partial charge in [0, 0.05) is 16.2 Å². The van der Waals surface area contributed by atoms with Crippen LogP contribution in [0.3, 0.4) is 0 Å². The number of carbonyl (C=O) groups is 1. The molecule has 0 bridgehead atoms. The molecule has 0 saturated carbocycles. The minimum atomic E-state index is -1.26. The summed E-state index contributed by atoms with van der Waals surface area (Å²) in [6.45, 7) is 5.71. The first-order chi connectivity index (χ1) is 12.6. The lowest BCUT2D eigenvalue weighted by atomic mass is 10.1. The number of anilines is 1. The van der Waals surface area contributed by atoms with Gasteiger partial charge in [0.05, 0.1) is 16.6 Å². The van der Waals surface area contributed by atoms with Gasteiger partial charge in [-0.3, -0.25) is 9.00 Å².